The zero-order chi connectivity index (χ0) is 22.0. The SMILES string of the molecule is COc1ccc(CCc2nn(-c3ccc(Cl)cc3C(F)(F)F)c3c2CCCCN3)cc1. The first-order valence-corrected chi connectivity index (χ1v) is 10.6. The molecule has 0 aliphatic carbocycles. The van der Waals surface area contributed by atoms with Crippen molar-refractivity contribution in [2.75, 3.05) is 19.0 Å². The summed E-state index contributed by atoms with van der Waals surface area (Å²) in [7, 11) is 1.62. The molecule has 164 valence electrons. The molecule has 0 spiro atoms. The number of hydrogen-bond donors (Lipinski definition) is 1. The minimum absolute atomic E-state index is 0.0155. The number of nitrogens with zero attached hydrogens (tertiary/aromatic N) is 2. The van der Waals surface area contributed by atoms with Crippen LogP contribution in [0.15, 0.2) is 42.5 Å². The number of anilines is 1. The highest BCUT2D eigenvalue weighted by Crippen LogP contribution is 2.38. The van der Waals surface area contributed by atoms with Gasteiger partial charge in [-0.05, 0) is 68.0 Å². The zero-order valence-corrected chi connectivity index (χ0v) is 17.9. The van der Waals surface area contributed by atoms with Gasteiger partial charge in [0.25, 0.3) is 0 Å². The van der Waals surface area contributed by atoms with Gasteiger partial charge in [-0.1, -0.05) is 23.7 Å². The lowest BCUT2D eigenvalue weighted by Crippen LogP contribution is -2.14. The minimum atomic E-state index is -4.53. The Balaban J connectivity index is 1.72. The molecule has 0 unspecified atom stereocenters. The maximum Gasteiger partial charge on any atom is 0.418 e. The standard InChI is InChI=1S/C23H23ClF3N3O/c1-31-17-9-5-15(6-10-17)7-11-20-18-4-2-3-13-28-22(18)30(29-20)21-12-8-16(24)14-19(21)23(25,26)27/h5-6,8-10,12,14,28H,2-4,7,11,13H2,1H3. The quantitative estimate of drug-likeness (QED) is 0.512. The summed E-state index contributed by atoms with van der Waals surface area (Å²) >= 11 is 5.87. The molecule has 0 radical (unpaired) electrons. The number of alkyl halides is 3. The predicted octanol–water partition coefficient (Wildman–Crippen LogP) is 6.09. The van der Waals surface area contributed by atoms with E-state index in [9.17, 15) is 13.2 Å². The maximum atomic E-state index is 13.7. The summed E-state index contributed by atoms with van der Waals surface area (Å²) in [5.41, 5.74) is 2.13. The Morgan fingerprint density at radius 3 is 2.58 bits per heavy atom. The van der Waals surface area contributed by atoms with E-state index in [4.69, 9.17) is 16.3 Å². The molecule has 1 aromatic heterocycles. The average Bonchev–Trinajstić information content (AvgIpc) is 2.92. The number of nitrogens with one attached hydrogen (secondary N) is 1. The van der Waals surface area contributed by atoms with Crippen LogP contribution in [0.4, 0.5) is 19.0 Å². The highest BCUT2D eigenvalue weighted by molar-refractivity contribution is 6.30. The van der Waals surface area contributed by atoms with E-state index in [2.05, 4.69) is 10.4 Å². The largest absolute Gasteiger partial charge is 0.497 e. The number of ether oxygens (including phenoxy) is 1. The molecule has 8 heteroatoms. The Morgan fingerprint density at radius 2 is 1.87 bits per heavy atom. The summed E-state index contributed by atoms with van der Waals surface area (Å²) in [6, 6.07) is 11.6. The van der Waals surface area contributed by atoms with Crippen molar-refractivity contribution >= 4 is 17.4 Å². The molecule has 1 N–H and O–H groups in total. The van der Waals surface area contributed by atoms with Crippen LogP contribution in [0, 0.1) is 0 Å². The summed E-state index contributed by atoms with van der Waals surface area (Å²) in [5, 5.41) is 7.99. The fraction of sp³-hybridized carbons (Fsp3) is 0.348. The third-order valence-corrected chi connectivity index (χ3v) is 5.75. The van der Waals surface area contributed by atoms with Crippen molar-refractivity contribution in [3.05, 3.63) is 69.9 Å². The molecule has 0 bridgehead atoms. The van der Waals surface area contributed by atoms with Crippen LogP contribution in [0.2, 0.25) is 5.02 Å². The summed E-state index contributed by atoms with van der Waals surface area (Å²) in [6.07, 6.45) is -0.450. The molecule has 2 heterocycles. The molecule has 31 heavy (non-hydrogen) atoms. The second-order valence-electron chi connectivity index (χ2n) is 7.58. The predicted molar refractivity (Wildman–Crippen MR) is 115 cm³/mol. The van der Waals surface area contributed by atoms with Gasteiger partial charge in [-0.2, -0.15) is 18.3 Å². The van der Waals surface area contributed by atoms with Crippen LogP contribution in [-0.4, -0.2) is 23.4 Å². The Morgan fingerprint density at radius 1 is 1.10 bits per heavy atom. The fourth-order valence-electron chi connectivity index (χ4n) is 3.92. The average molecular weight is 450 g/mol. The summed E-state index contributed by atoms with van der Waals surface area (Å²) < 4.78 is 47.8. The normalized spacial score (nSPS) is 14.0. The highest BCUT2D eigenvalue weighted by Gasteiger charge is 2.35. The van der Waals surface area contributed by atoms with Crippen molar-refractivity contribution in [2.45, 2.75) is 38.3 Å². The van der Waals surface area contributed by atoms with E-state index >= 15 is 0 Å². The lowest BCUT2D eigenvalue weighted by Gasteiger charge is -2.16. The van der Waals surface area contributed by atoms with Crippen molar-refractivity contribution in [3.8, 4) is 11.4 Å². The molecule has 1 aliphatic rings. The molecule has 1 aliphatic heterocycles. The van der Waals surface area contributed by atoms with Crippen molar-refractivity contribution < 1.29 is 17.9 Å². The molecule has 0 saturated heterocycles. The number of hydrogen-bond acceptors (Lipinski definition) is 3. The Labute approximate surface area is 184 Å². The second-order valence-corrected chi connectivity index (χ2v) is 8.01. The first-order valence-electron chi connectivity index (χ1n) is 10.2. The summed E-state index contributed by atoms with van der Waals surface area (Å²) in [5.74, 6) is 1.43. The number of halogens is 4. The third kappa shape index (κ3) is 4.66. The lowest BCUT2D eigenvalue weighted by molar-refractivity contribution is -0.137. The van der Waals surface area contributed by atoms with E-state index in [1.54, 1.807) is 7.11 Å². The minimum Gasteiger partial charge on any atom is -0.497 e. The molecule has 0 amide bonds. The third-order valence-electron chi connectivity index (χ3n) is 5.51. The van der Waals surface area contributed by atoms with Crippen LogP contribution in [0.25, 0.3) is 5.69 Å². The van der Waals surface area contributed by atoms with Gasteiger partial charge in [0.05, 0.1) is 24.1 Å². The van der Waals surface area contributed by atoms with Gasteiger partial charge in [0.15, 0.2) is 0 Å². The Kier molecular flexibility index (Phi) is 6.14. The van der Waals surface area contributed by atoms with Crippen LogP contribution in [-0.2, 0) is 25.4 Å². The first-order chi connectivity index (χ1) is 14.9. The molecule has 0 saturated carbocycles. The van der Waals surface area contributed by atoms with E-state index in [1.165, 1.54) is 16.8 Å². The van der Waals surface area contributed by atoms with Crippen LogP contribution in [0.5, 0.6) is 5.75 Å². The van der Waals surface area contributed by atoms with Gasteiger partial charge in [0.2, 0.25) is 0 Å². The molecule has 4 rings (SSSR count). The second kappa shape index (κ2) is 8.83. The van der Waals surface area contributed by atoms with E-state index in [0.717, 1.165) is 54.3 Å². The number of aryl methyl sites for hydroxylation is 2. The number of fused-ring (bicyclic) bond motifs is 1. The van der Waals surface area contributed by atoms with Gasteiger partial charge in [-0.3, -0.25) is 0 Å². The Bertz CT molecular complexity index is 1060. The van der Waals surface area contributed by atoms with Crippen LogP contribution >= 0.6 is 11.6 Å². The number of methoxy groups -OCH3 is 1. The van der Waals surface area contributed by atoms with Gasteiger partial charge >= 0.3 is 6.18 Å². The number of rotatable bonds is 5. The first kappa shape index (κ1) is 21.6. The van der Waals surface area contributed by atoms with Gasteiger partial charge < -0.3 is 10.1 Å². The molecule has 0 atom stereocenters. The van der Waals surface area contributed by atoms with Crippen molar-refractivity contribution in [3.63, 3.8) is 0 Å². The van der Waals surface area contributed by atoms with E-state index in [1.807, 2.05) is 24.3 Å². The van der Waals surface area contributed by atoms with Crippen molar-refractivity contribution in [1.29, 1.82) is 0 Å². The van der Waals surface area contributed by atoms with Gasteiger partial charge in [-0.15, -0.1) is 0 Å². The van der Waals surface area contributed by atoms with Crippen LogP contribution < -0.4 is 10.1 Å². The van der Waals surface area contributed by atoms with E-state index < -0.39 is 11.7 Å². The van der Waals surface area contributed by atoms with Crippen molar-refractivity contribution in [1.82, 2.24) is 9.78 Å². The molecular formula is C23H23ClF3N3O. The fourth-order valence-corrected chi connectivity index (χ4v) is 4.10. The maximum absolute atomic E-state index is 13.7. The number of aromatic nitrogens is 2. The topological polar surface area (TPSA) is 39.1 Å². The van der Waals surface area contributed by atoms with Crippen LogP contribution in [0.3, 0.4) is 0 Å². The smallest absolute Gasteiger partial charge is 0.418 e. The summed E-state index contributed by atoms with van der Waals surface area (Å²) in [6.45, 7) is 0.700. The highest BCUT2D eigenvalue weighted by atomic mass is 35.5. The van der Waals surface area contributed by atoms with Gasteiger partial charge in [-0.25, -0.2) is 4.68 Å². The Hall–Kier alpha value is -2.67. The molecule has 4 nitrogen and oxygen atoms in total. The molecular weight excluding hydrogens is 427 g/mol. The van der Waals surface area contributed by atoms with Crippen molar-refractivity contribution in [2.24, 2.45) is 0 Å². The summed E-state index contributed by atoms with van der Waals surface area (Å²) in [4.78, 5) is 0. The molecule has 2 aromatic carbocycles. The van der Waals surface area contributed by atoms with E-state index in [-0.39, 0.29) is 10.7 Å². The zero-order valence-electron chi connectivity index (χ0n) is 17.1. The van der Waals surface area contributed by atoms with Gasteiger partial charge in [0, 0.05) is 17.1 Å². The van der Waals surface area contributed by atoms with Gasteiger partial charge in [0.1, 0.15) is 11.6 Å². The molecule has 0 fully saturated rings. The number of benzene rings is 2. The van der Waals surface area contributed by atoms with E-state index in [0.29, 0.717) is 18.8 Å². The molecule has 3 aromatic rings. The monoisotopic (exact) mass is 449 g/mol. The lowest BCUT2D eigenvalue weighted by atomic mass is 10.0. The van der Waals surface area contributed by atoms with Crippen LogP contribution in [0.1, 0.15) is 35.2 Å².